The number of piperidine rings is 1. The summed E-state index contributed by atoms with van der Waals surface area (Å²) in [6.07, 6.45) is 2.71. The van der Waals surface area contributed by atoms with Gasteiger partial charge in [-0.05, 0) is 25.9 Å². The molecule has 0 unspecified atom stereocenters. The summed E-state index contributed by atoms with van der Waals surface area (Å²) >= 11 is 0. The van der Waals surface area contributed by atoms with Crippen molar-refractivity contribution in [3.05, 3.63) is 12.2 Å². The number of hydrogen-bond acceptors (Lipinski definition) is 5. The van der Waals surface area contributed by atoms with Gasteiger partial charge in [0.05, 0.1) is 11.8 Å². The van der Waals surface area contributed by atoms with Gasteiger partial charge in [0.2, 0.25) is 10.0 Å². The Morgan fingerprint density at radius 3 is 2.76 bits per heavy atom. The van der Waals surface area contributed by atoms with Crippen LogP contribution in [0, 0.1) is 0 Å². The van der Waals surface area contributed by atoms with Gasteiger partial charge in [-0.15, -0.1) is 0 Å². The number of aromatic nitrogens is 3. The number of H-pyrrole nitrogens is 1. The highest BCUT2D eigenvalue weighted by Gasteiger charge is 2.31. The summed E-state index contributed by atoms with van der Waals surface area (Å²) in [6.45, 7) is 1.77. The Morgan fingerprint density at radius 1 is 1.47 bits per heavy atom. The van der Waals surface area contributed by atoms with Crippen LogP contribution in [0.1, 0.15) is 18.7 Å². The van der Waals surface area contributed by atoms with E-state index in [0.717, 1.165) is 13.1 Å². The number of rotatable bonds is 4. The summed E-state index contributed by atoms with van der Waals surface area (Å²) in [4.78, 5) is 3.93. The fourth-order valence-electron chi connectivity index (χ4n) is 1.96. The predicted molar refractivity (Wildman–Crippen MR) is 62.7 cm³/mol. The molecule has 0 atom stereocenters. The van der Waals surface area contributed by atoms with Gasteiger partial charge in [-0.25, -0.2) is 13.4 Å². The summed E-state index contributed by atoms with van der Waals surface area (Å²) in [6, 6.07) is 0. The molecule has 1 saturated heterocycles. The molecule has 2 rings (SSSR count). The Labute approximate surface area is 101 Å². The minimum atomic E-state index is -3.23. The van der Waals surface area contributed by atoms with Crippen molar-refractivity contribution in [3.8, 4) is 0 Å². The van der Waals surface area contributed by atoms with Crippen LogP contribution in [0.4, 0.5) is 0 Å². The molecule has 0 aliphatic carbocycles. The van der Waals surface area contributed by atoms with Gasteiger partial charge in [-0.2, -0.15) is 9.40 Å². The number of nitrogens with zero attached hydrogens (tertiary/aromatic N) is 3. The van der Waals surface area contributed by atoms with Crippen LogP contribution in [-0.4, -0.2) is 53.3 Å². The van der Waals surface area contributed by atoms with Crippen molar-refractivity contribution < 1.29 is 8.42 Å². The third-order valence-corrected chi connectivity index (χ3v) is 5.29. The second-order valence-corrected chi connectivity index (χ2v) is 6.50. The lowest BCUT2D eigenvalue weighted by Crippen LogP contribution is -2.42. The Kier molecular flexibility index (Phi) is 3.75. The highest BCUT2D eigenvalue weighted by Crippen LogP contribution is 2.17. The van der Waals surface area contributed by atoms with Crippen LogP contribution in [0.2, 0.25) is 0 Å². The molecule has 96 valence electrons. The van der Waals surface area contributed by atoms with E-state index in [1.807, 2.05) is 0 Å². The molecule has 1 fully saturated rings. The first-order valence-electron chi connectivity index (χ1n) is 5.61. The molecular formula is C9H17N5O2S. The number of aromatic amines is 1. The first-order chi connectivity index (χ1) is 8.10. The van der Waals surface area contributed by atoms with Crippen molar-refractivity contribution >= 4 is 10.0 Å². The van der Waals surface area contributed by atoms with Gasteiger partial charge in [-0.1, -0.05) is 0 Å². The molecule has 1 aromatic heterocycles. The van der Waals surface area contributed by atoms with Crippen LogP contribution in [0.25, 0.3) is 0 Å². The van der Waals surface area contributed by atoms with Crippen LogP contribution < -0.4 is 5.32 Å². The van der Waals surface area contributed by atoms with E-state index in [4.69, 9.17) is 0 Å². The van der Waals surface area contributed by atoms with Crippen LogP contribution >= 0.6 is 0 Å². The summed E-state index contributed by atoms with van der Waals surface area (Å²) in [7, 11) is -1.65. The van der Waals surface area contributed by atoms with Gasteiger partial charge in [-0.3, -0.25) is 5.10 Å². The smallest absolute Gasteiger partial charge is 0.217 e. The van der Waals surface area contributed by atoms with Crippen molar-refractivity contribution in [1.82, 2.24) is 24.8 Å². The lowest BCUT2D eigenvalue weighted by molar-refractivity contribution is 0.423. The maximum Gasteiger partial charge on any atom is 0.217 e. The molecule has 0 spiro atoms. The fraction of sp³-hybridized carbons (Fsp3) is 0.778. The highest BCUT2D eigenvalue weighted by molar-refractivity contribution is 7.89. The van der Waals surface area contributed by atoms with E-state index in [1.165, 1.54) is 10.6 Å². The van der Waals surface area contributed by atoms with Gasteiger partial charge in [0.1, 0.15) is 12.2 Å². The van der Waals surface area contributed by atoms with Gasteiger partial charge in [0.15, 0.2) is 0 Å². The summed E-state index contributed by atoms with van der Waals surface area (Å²) in [5, 5.41) is 9.24. The normalized spacial score (nSPS) is 18.7. The van der Waals surface area contributed by atoms with Crippen molar-refractivity contribution in [3.63, 3.8) is 0 Å². The van der Waals surface area contributed by atoms with Gasteiger partial charge >= 0.3 is 0 Å². The fourth-order valence-corrected chi connectivity index (χ4v) is 3.60. The maximum absolute atomic E-state index is 12.2. The van der Waals surface area contributed by atoms with E-state index in [9.17, 15) is 8.42 Å². The molecular weight excluding hydrogens is 242 g/mol. The van der Waals surface area contributed by atoms with E-state index in [2.05, 4.69) is 20.5 Å². The molecule has 1 aromatic rings. The van der Waals surface area contributed by atoms with Crippen molar-refractivity contribution in [1.29, 1.82) is 0 Å². The van der Waals surface area contributed by atoms with Crippen LogP contribution in [0.15, 0.2) is 6.33 Å². The first-order valence-corrected chi connectivity index (χ1v) is 7.11. The summed E-state index contributed by atoms with van der Waals surface area (Å²) < 4.78 is 25.8. The van der Waals surface area contributed by atoms with Crippen molar-refractivity contribution in [2.45, 2.75) is 24.6 Å². The van der Waals surface area contributed by atoms with Crippen molar-refractivity contribution in [2.75, 3.05) is 20.1 Å². The first kappa shape index (κ1) is 12.5. The van der Waals surface area contributed by atoms with Crippen molar-refractivity contribution in [2.24, 2.45) is 0 Å². The highest BCUT2D eigenvalue weighted by atomic mass is 32.2. The molecule has 17 heavy (non-hydrogen) atoms. The summed E-state index contributed by atoms with van der Waals surface area (Å²) in [5.74, 6) is 0.560. The largest absolute Gasteiger partial charge is 0.317 e. The molecule has 0 amide bonds. The molecule has 1 aliphatic heterocycles. The van der Waals surface area contributed by atoms with Crippen LogP contribution in [0.5, 0.6) is 0 Å². The zero-order valence-electron chi connectivity index (χ0n) is 9.76. The molecule has 2 N–H and O–H groups in total. The Bertz CT molecular complexity index is 438. The molecule has 0 radical (unpaired) electrons. The zero-order chi connectivity index (χ0) is 12.3. The average molecular weight is 259 g/mol. The van der Waals surface area contributed by atoms with Gasteiger partial charge < -0.3 is 5.32 Å². The molecule has 8 heteroatoms. The Morgan fingerprint density at radius 2 is 2.18 bits per heavy atom. The SMILES string of the molecule is CN(Cc1ncn[nH]1)S(=O)(=O)C1CCNCC1. The third-order valence-electron chi connectivity index (χ3n) is 2.98. The van der Waals surface area contributed by atoms with Crippen LogP contribution in [0.3, 0.4) is 0 Å². The Hall–Kier alpha value is -0.990. The van der Waals surface area contributed by atoms with E-state index in [-0.39, 0.29) is 11.8 Å². The average Bonchev–Trinajstić information content (AvgIpc) is 2.83. The monoisotopic (exact) mass is 259 g/mol. The minimum Gasteiger partial charge on any atom is -0.317 e. The Balaban J connectivity index is 2.03. The number of nitrogens with one attached hydrogen (secondary N) is 2. The maximum atomic E-state index is 12.2. The van der Waals surface area contributed by atoms with E-state index in [0.29, 0.717) is 18.7 Å². The van der Waals surface area contributed by atoms with Gasteiger partial charge in [0.25, 0.3) is 0 Å². The van der Waals surface area contributed by atoms with E-state index in [1.54, 1.807) is 7.05 Å². The molecule has 0 aromatic carbocycles. The summed E-state index contributed by atoms with van der Waals surface area (Å²) in [5.41, 5.74) is 0. The van der Waals surface area contributed by atoms with E-state index >= 15 is 0 Å². The van der Waals surface area contributed by atoms with Crippen LogP contribution in [-0.2, 0) is 16.6 Å². The molecule has 1 aliphatic rings. The third kappa shape index (κ3) is 2.82. The predicted octanol–water partition coefficient (Wildman–Crippen LogP) is -0.682. The molecule has 0 bridgehead atoms. The minimum absolute atomic E-state index is 0.242. The second-order valence-electron chi connectivity index (χ2n) is 4.18. The van der Waals surface area contributed by atoms with Gasteiger partial charge in [0, 0.05) is 7.05 Å². The molecule has 0 saturated carbocycles. The lowest BCUT2D eigenvalue weighted by atomic mass is 10.2. The quantitative estimate of drug-likeness (QED) is 0.747. The number of sulfonamides is 1. The van der Waals surface area contributed by atoms with E-state index < -0.39 is 10.0 Å². The standard InChI is InChI=1S/C9H17N5O2S/c1-14(6-9-11-7-12-13-9)17(15,16)8-2-4-10-5-3-8/h7-8,10H,2-6H2,1H3,(H,11,12,13). The molecule has 2 heterocycles. The zero-order valence-corrected chi connectivity index (χ0v) is 10.6. The molecule has 7 nitrogen and oxygen atoms in total. The lowest BCUT2D eigenvalue weighted by Gasteiger charge is -2.27. The number of hydrogen-bond donors (Lipinski definition) is 2. The topological polar surface area (TPSA) is 91.0 Å². The second kappa shape index (κ2) is 5.11.